The number of aliphatic hydroxyl groups excluding tert-OH is 4. The van der Waals surface area contributed by atoms with Crippen molar-refractivity contribution in [2.24, 2.45) is 0 Å². The summed E-state index contributed by atoms with van der Waals surface area (Å²) in [5, 5.41) is 55.8. The number of anilines is 6. The molecule has 0 atom stereocenters. The summed E-state index contributed by atoms with van der Waals surface area (Å²) in [5.41, 5.74) is 2.98. The number of rotatable bonds is 22. The molecule has 6 aromatic rings. The smallest absolute Gasteiger partial charge is 0.744 e. The van der Waals surface area contributed by atoms with Crippen LogP contribution in [0, 0.1) is 12.1 Å². The first kappa shape index (κ1) is 70.1. The zero-order valence-electron chi connectivity index (χ0n) is 40.6. The molecule has 2 aromatic heterocycles. The van der Waals surface area contributed by atoms with Gasteiger partial charge in [0, 0.05) is 44.7 Å². The van der Waals surface area contributed by atoms with Crippen molar-refractivity contribution in [1.82, 2.24) is 29.9 Å². The van der Waals surface area contributed by atoms with Gasteiger partial charge in [-0.15, -0.1) is 43.0 Å². The second kappa shape index (κ2) is 36.9. The van der Waals surface area contributed by atoms with Crippen LogP contribution in [0.4, 0.5) is 35.2 Å². The van der Waals surface area contributed by atoms with Gasteiger partial charge in [0.15, 0.2) is 0 Å². The van der Waals surface area contributed by atoms with E-state index in [2.05, 4.69) is 52.7 Å². The predicted molar refractivity (Wildman–Crippen MR) is 244 cm³/mol. The molecule has 6 N–H and O–H groups in total. The van der Waals surface area contributed by atoms with Crippen molar-refractivity contribution in [1.29, 1.82) is 0 Å². The number of aromatic carboxylic acids is 1. The molecule has 0 saturated carbocycles. The molecule has 6 rings (SSSR count). The molecule has 0 aliphatic rings. The number of nitrogens with one attached hydrogen (secondary N) is 2. The molecule has 2 heterocycles. The molecule has 0 unspecified atom stereocenters. The van der Waals surface area contributed by atoms with Crippen LogP contribution in [0.2, 0.25) is 0 Å². The minimum Gasteiger partial charge on any atom is -0.744 e. The number of carbonyl (C=O) groups is 1. The zero-order chi connectivity index (χ0) is 51.1. The van der Waals surface area contributed by atoms with E-state index >= 15 is 0 Å². The minimum atomic E-state index is -4.98. The number of carboxylic acid groups (broad SMARTS) is 1. The summed E-state index contributed by atoms with van der Waals surface area (Å²) in [5.74, 6) is -0.0670. The molecule has 0 fully saturated rings. The van der Waals surface area contributed by atoms with Crippen LogP contribution in [0.3, 0.4) is 0 Å². The number of aliphatic hydroxyl groups is 4. The van der Waals surface area contributed by atoms with Crippen molar-refractivity contribution in [3.8, 4) is 0 Å². The Kier molecular flexibility index (Phi) is 35.0. The SMILES string of the molecule is O=C([O-])c1ccc(Cc2nc(Nc3c[c-]c(/C=C/c4ccc(Nc5nc(Cc6cc[c-]cc6)nc(N(CCO)CCO)n5)cc4S(=O)(=O)[O-])cc3)nc(N(CCO)CCO)n2)cc1.O=C=O.O=S(=O)=O.[Na+].[Na+].[Na+].[Na+]. The van der Waals surface area contributed by atoms with Gasteiger partial charge in [-0.05, 0) is 34.5 Å². The number of aromatic nitrogens is 6. The maximum absolute atomic E-state index is 12.5. The van der Waals surface area contributed by atoms with Crippen LogP contribution in [0.25, 0.3) is 12.2 Å². The van der Waals surface area contributed by atoms with Crippen molar-refractivity contribution in [2.45, 2.75) is 17.7 Å². The fraction of sp³-hybridized carbons (Fsp3) is 0.227. The molecule has 30 heteroatoms. The van der Waals surface area contributed by atoms with Gasteiger partial charge in [0.1, 0.15) is 21.8 Å². The van der Waals surface area contributed by atoms with Gasteiger partial charge in [0.2, 0.25) is 23.8 Å². The largest absolute Gasteiger partial charge is 1.00 e. The third-order valence-electron chi connectivity index (χ3n) is 9.16. The Labute approximate surface area is 515 Å². The van der Waals surface area contributed by atoms with Gasteiger partial charge in [0.05, 0.1) is 37.3 Å². The van der Waals surface area contributed by atoms with Crippen molar-refractivity contribution in [3.63, 3.8) is 0 Å². The van der Waals surface area contributed by atoms with Crippen LogP contribution < -0.4 is 144 Å². The maximum atomic E-state index is 12.5. The Morgan fingerprint density at radius 1 is 0.662 bits per heavy atom. The van der Waals surface area contributed by atoms with Gasteiger partial charge in [-0.25, -0.2) is 8.42 Å². The summed E-state index contributed by atoms with van der Waals surface area (Å²) < 4.78 is 62.9. The fourth-order valence-electron chi connectivity index (χ4n) is 6.16. The van der Waals surface area contributed by atoms with Gasteiger partial charge in [-0.1, -0.05) is 36.4 Å². The summed E-state index contributed by atoms with van der Waals surface area (Å²) in [6.07, 6.45) is 3.81. The van der Waals surface area contributed by atoms with E-state index in [-0.39, 0.29) is 224 Å². The van der Waals surface area contributed by atoms with E-state index in [1.165, 1.54) is 30.3 Å². The first-order valence-corrected chi connectivity index (χ1v) is 22.8. The van der Waals surface area contributed by atoms with Gasteiger partial charge in [-0.3, -0.25) is 0 Å². The monoisotopic (exact) mass is 1090 g/mol. The summed E-state index contributed by atoms with van der Waals surface area (Å²) in [4.78, 5) is 57.2. The zero-order valence-corrected chi connectivity index (χ0v) is 50.2. The molecular weight excluding hydrogens is 1050 g/mol. The van der Waals surface area contributed by atoms with Crippen LogP contribution >= 0.6 is 0 Å². The van der Waals surface area contributed by atoms with E-state index in [1.807, 2.05) is 12.1 Å². The van der Waals surface area contributed by atoms with Gasteiger partial charge in [0.25, 0.3) is 0 Å². The summed E-state index contributed by atoms with van der Waals surface area (Å²) in [6.45, 7) is -0.369. The van der Waals surface area contributed by atoms with Crippen LogP contribution in [0.15, 0.2) is 89.8 Å². The molecular formula is C44H42N10Na4O14S2. The summed E-state index contributed by atoms with van der Waals surface area (Å²) in [7, 11) is -8.09. The fourth-order valence-corrected chi connectivity index (χ4v) is 6.86. The van der Waals surface area contributed by atoms with Crippen molar-refractivity contribution >= 4 is 80.2 Å². The molecule has 368 valence electrons. The van der Waals surface area contributed by atoms with Gasteiger partial charge < -0.3 is 55.3 Å². The number of hydrogen-bond acceptors (Lipinski definition) is 24. The van der Waals surface area contributed by atoms with Gasteiger partial charge >= 0.3 is 135 Å². The first-order chi connectivity index (χ1) is 33.6. The minimum absolute atomic E-state index is 0. The third-order valence-corrected chi connectivity index (χ3v) is 10.1. The number of hydrogen-bond donors (Lipinski definition) is 6. The second-order valence-corrected chi connectivity index (χ2v) is 15.7. The Morgan fingerprint density at radius 3 is 1.53 bits per heavy atom. The Balaban J connectivity index is 0.00000456. The van der Waals surface area contributed by atoms with Crippen LogP contribution in [-0.2, 0) is 43.2 Å². The third kappa shape index (κ3) is 24.4. The molecule has 74 heavy (non-hydrogen) atoms. The standard InChI is InChI=1S/C43H44N10O9S.CO2.4Na.O3S/c54-22-18-52(19-23-55)42-49-38(27-31-7-12-33(13-8-31)39(58)59)46-40(50-42)44-34-15-9-29(10-16-34)6-11-32-14-17-35(28-36(32)63(60,61)62)45-41-47-37(26-30-4-2-1-3-5-30)48-43(51-41)53(20-24-56)21-25-57;2-1-3;;;;;1-4(2)3/h2-9,11-17,28,54-57H,18-27H2,(H,58,59)(H,60,61,62)(H,44,46,49,50)(H,45,47,48,51);;;;;;/q-2;;4*+1;/p-2/b11-6+;;;;;;. The topological polar surface area (TPSA) is 371 Å². The van der Waals surface area contributed by atoms with Crippen LogP contribution in [0.5, 0.6) is 0 Å². The molecule has 4 aromatic carbocycles. The first-order valence-electron chi connectivity index (χ1n) is 20.4. The molecule has 0 saturated heterocycles. The second-order valence-electron chi connectivity index (χ2n) is 14.0. The van der Waals surface area contributed by atoms with E-state index < -0.39 is 31.6 Å². The van der Waals surface area contributed by atoms with E-state index in [1.54, 1.807) is 64.4 Å². The van der Waals surface area contributed by atoms with Crippen molar-refractivity contribution in [2.75, 3.05) is 73.0 Å². The summed E-state index contributed by atoms with van der Waals surface area (Å²) in [6, 6.07) is 28.5. The number of carboxylic acids is 1. The Bertz CT molecular complexity index is 2950. The average Bonchev–Trinajstić information content (AvgIpc) is 3.31. The quantitative estimate of drug-likeness (QED) is 0.0159. The molecule has 0 aliphatic heterocycles. The number of nitrogens with zero attached hydrogens (tertiary/aromatic N) is 8. The Hall–Kier alpha value is -3.94. The molecule has 0 amide bonds. The van der Waals surface area contributed by atoms with Crippen molar-refractivity contribution < 1.29 is 184 Å². The average molecular weight is 1090 g/mol. The van der Waals surface area contributed by atoms with E-state index in [0.717, 1.165) is 5.56 Å². The van der Waals surface area contributed by atoms with Crippen LogP contribution in [0.1, 0.15) is 44.3 Å². The Morgan fingerprint density at radius 2 is 1.11 bits per heavy atom. The maximum Gasteiger partial charge on any atom is 1.00 e. The van der Waals surface area contributed by atoms with E-state index in [0.29, 0.717) is 34.9 Å². The van der Waals surface area contributed by atoms with Gasteiger partial charge in [-0.2, -0.15) is 81.0 Å². The van der Waals surface area contributed by atoms with E-state index in [4.69, 9.17) is 22.2 Å². The van der Waals surface area contributed by atoms with Crippen molar-refractivity contribution in [3.05, 3.63) is 137 Å². The molecule has 0 radical (unpaired) electrons. The summed E-state index contributed by atoms with van der Waals surface area (Å²) >= 11 is 0. The predicted octanol–water partition coefficient (Wildman–Crippen LogP) is -12.2. The molecule has 0 bridgehead atoms. The molecule has 0 spiro atoms. The molecule has 0 aliphatic carbocycles. The number of carbonyl (C=O) groups excluding carboxylic acids is 3. The molecule has 24 nitrogen and oxygen atoms in total. The van der Waals surface area contributed by atoms with E-state index in [9.17, 15) is 43.3 Å². The number of benzene rings is 4. The van der Waals surface area contributed by atoms with Crippen LogP contribution in [-0.4, -0.2) is 141 Å². The normalized spacial score (nSPS) is 10.2.